The third-order valence-electron chi connectivity index (χ3n) is 6.17. The van der Waals surface area contributed by atoms with Crippen LogP contribution in [-0.2, 0) is 4.79 Å². The van der Waals surface area contributed by atoms with E-state index in [0.29, 0.717) is 6.54 Å². The van der Waals surface area contributed by atoms with E-state index < -0.39 is 0 Å². The van der Waals surface area contributed by atoms with E-state index in [-0.39, 0.29) is 11.9 Å². The van der Waals surface area contributed by atoms with Gasteiger partial charge in [-0.05, 0) is 63.0 Å². The number of carbonyl (C=O) groups excluding carboxylic acids is 1. The van der Waals surface area contributed by atoms with Crippen molar-refractivity contribution in [3.63, 3.8) is 0 Å². The molecule has 1 atom stereocenters. The molecule has 2 aromatic carbocycles. The Morgan fingerprint density at radius 1 is 1.09 bits per heavy atom. The first-order valence-electron chi connectivity index (χ1n) is 11.8. The molecule has 1 unspecified atom stereocenters. The SMILES string of the molecule is CN(C)CC=CC(=O)N1CCC(n2nc(-c3ccc(Oc4ccccc4)cc3)c3cnccc32)C1. The highest BCUT2D eigenvalue weighted by atomic mass is 16.5. The van der Waals surface area contributed by atoms with Crippen molar-refractivity contribution in [3.05, 3.63) is 85.2 Å². The van der Waals surface area contributed by atoms with Crippen LogP contribution in [0.5, 0.6) is 11.5 Å². The van der Waals surface area contributed by atoms with Gasteiger partial charge in [0.1, 0.15) is 17.2 Å². The number of fused-ring (bicyclic) bond motifs is 1. The van der Waals surface area contributed by atoms with Crippen LogP contribution >= 0.6 is 0 Å². The molecule has 35 heavy (non-hydrogen) atoms. The van der Waals surface area contributed by atoms with Gasteiger partial charge in [-0.2, -0.15) is 5.10 Å². The summed E-state index contributed by atoms with van der Waals surface area (Å²) in [5.41, 5.74) is 2.91. The number of para-hydroxylation sites is 1. The summed E-state index contributed by atoms with van der Waals surface area (Å²) in [5, 5.41) is 6.01. The Balaban J connectivity index is 1.37. The average molecular weight is 468 g/mol. The van der Waals surface area contributed by atoms with Crippen LogP contribution in [0.3, 0.4) is 0 Å². The molecule has 2 aromatic heterocycles. The first-order chi connectivity index (χ1) is 17.1. The van der Waals surface area contributed by atoms with Crippen LogP contribution in [0.25, 0.3) is 22.2 Å². The van der Waals surface area contributed by atoms with E-state index in [0.717, 1.165) is 53.2 Å². The first-order valence-corrected chi connectivity index (χ1v) is 11.8. The maximum atomic E-state index is 12.6. The number of ether oxygens (including phenoxy) is 1. The van der Waals surface area contributed by atoms with E-state index in [1.807, 2.05) is 96.8 Å². The minimum absolute atomic E-state index is 0.0571. The van der Waals surface area contributed by atoms with E-state index in [9.17, 15) is 4.79 Å². The predicted octanol–water partition coefficient (Wildman–Crippen LogP) is 4.78. The summed E-state index contributed by atoms with van der Waals surface area (Å²) in [6.07, 6.45) is 8.12. The zero-order valence-corrected chi connectivity index (χ0v) is 20.0. The van der Waals surface area contributed by atoms with Crippen molar-refractivity contribution in [2.24, 2.45) is 0 Å². The largest absolute Gasteiger partial charge is 0.457 e. The van der Waals surface area contributed by atoms with Crippen molar-refractivity contribution in [2.75, 3.05) is 33.7 Å². The number of aromatic nitrogens is 3. The van der Waals surface area contributed by atoms with Gasteiger partial charge in [0.25, 0.3) is 0 Å². The Morgan fingerprint density at radius 2 is 1.86 bits per heavy atom. The second-order valence-corrected chi connectivity index (χ2v) is 9.02. The molecule has 0 spiro atoms. The fraction of sp³-hybridized carbons (Fsp3) is 0.250. The molecular weight excluding hydrogens is 438 g/mol. The Kier molecular flexibility index (Phi) is 6.59. The highest BCUT2D eigenvalue weighted by Gasteiger charge is 2.29. The van der Waals surface area contributed by atoms with Gasteiger partial charge in [-0.1, -0.05) is 24.3 Å². The van der Waals surface area contributed by atoms with E-state index in [1.54, 1.807) is 12.3 Å². The Labute approximate surface area is 205 Å². The minimum Gasteiger partial charge on any atom is -0.457 e. The molecule has 1 aliphatic heterocycles. The summed E-state index contributed by atoms with van der Waals surface area (Å²) < 4.78 is 8.00. The third-order valence-corrected chi connectivity index (χ3v) is 6.17. The normalized spacial score (nSPS) is 16.0. The molecule has 0 N–H and O–H groups in total. The lowest BCUT2D eigenvalue weighted by Crippen LogP contribution is -2.27. The molecule has 4 aromatic rings. The monoisotopic (exact) mass is 467 g/mol. The number of benzene rings is 2. The van der Waals surface area contributed by atoms with Crippen molar-refractivity contribution in [1.29, 1.82) is 0 Å². The molecule has 1 amide bonds. The Morgan fingerprint density at radius 3 is 2.63 bits per heavy atom. The Hall–Kier alpha value is -3.97. The Bertz CT molecular complexity index is 1330. The highest BCUT2D eigenvalue weighted by molar-refractivity contribution is 5.93. The number of hydrogen-bond donors (Lipinski definition) is 0. The van der Waals surface area contributed by atoms with E-state index in [4.69, 9.17) is 9.84 Å². The molecule has 0 radical (unpaired) electrons. The zero-order valence-electron chi connectivity index (χ0n) is 20.0. The lowest BCUT2D eigenvalue weighted by molar-refractivity contribution is -0.125. The van der Waals surface area contributed by atoms with Gasteiger partial charge in [-0.25, -0.2) is 0 Å². The number of rotatable bonds is 7. The second-order valence-electron chi connectivity index (χ2n) is 9.02. The van der Waals surface area contributed by atoms with E-state index in [2.05, 4.69) is 9.67 Å². The number of nitrogens with zero attached hydrogens (tertiary/aromatic N) is 5. The van der Waals surface area contributed by atoms with Gasteiger partial charge in [0, 0.05) is 49.1 Å². The lowest BCUT2D eigenvalue weighted by atomic mass is 10.1. The first kappa shape index (κ1) is 22.8. The number of hydrogen-bond acceptors (Lipinski definition) is 5. The lowest BCUT2D eigenvalue weighted by Gasteiger charge is -2.15. The van der Waals surface area contributed by atoms with E-state index >= 15 is 0 Å². The molecule has 3 heterocycles. The maximum absolute atomic E-state index is 12.6. The van der Waals surface area contributed by atoms with Gasteiger partial charge < -0.3 is 14.5 Å². The van der Waals surface area contributed by atoms with Crippen LogP contribution in [0, 0.1) is 0 Å². The number of carbonyl (C=O) groups is 1. The van der Waals surface area contributed by atoms with Gasteiger partial charge in [0.2, 0.25) is 5.91 Å². The van der Waals surface area contributed by atoms with Crippen LogP contribution in [-0.4, -0.2) is 64.2 Å². The zero-order chi connectivity index (χ0) is 24.2. The maximum Gasteiger partial charge on any atom is 0.246 e. The summed E-state index contributed by atoms with van der Waals surface area (Å²) in [6.45, 7) is 2.12. The van der Waals surface area contributed by atoms with Crippen LogP contribution in [0.4, 0.5) is 0 Å². The summed E-state index contributed by atoms with van der Waals surface area (Å²) >= 11 is 0. The van der Waals surface area contributed by atoms with Crippen molar-refractivity contribution >= 4 is 16.8 Å². The third kappa shape index (κ3) is 5.10. The van der Waals surface area contributed by atoms with Crippen molar-refractivity contribution in [2.45, 2.75) is 12.5 Å². The van der Waals surface area contributed by atoms with Crippen molar-refractivity contribution < 1.29 is 9.53 Å². The van der Waals surface area contributed by atoms with Crippen LogP contribution in [0.1, 0.15) is 12.5 Å². The topological polar surface area (TPSA) is 63.5 Å². The predicted molar refractivity (Wildman–Crippen MR) is 137 cm³/mol. The van der Waals surface area contributed by atoms with Gasteiger partial charge in [-0.3, -0.25) is 14.5 Å². The van der Waals surface area contributed by atoms with Crippen LogP contribution < -0.4 is 4.74 Å². The van der Waals surface area contributed by atoms with Crippen LogP contribution in [0.15, 0.2) is 85.2 Å². The highest BCUT2D eigenvalue weighted by Crippen LogP contribution is 2.33. The fourth-order valence-electron chi connectivity index (χ4n) is 4.39. The second kappa shape index (κ2) is 10.1. The molecule has 0 saturated carbocycles. The molecule has 0 bridgehead atoms. The molecule has 5 rings (SSSR count). The van der Waals surface area contributed by atoms with Gasteiger partial charge in [0.05, 0.1) is 11.6 Å². The minimum atomic E-state index is 0.0571. The molecular formula is C28H29N5O2. The standard InChI is InChI=1S/C28H29N5O2/c1-31(2)17-6-9-27(34)32-18-15-22(20-32)33-26-14-16-29-19-25(26)28(30-33)21-10-12-24(13-11-21)35-23-7-4-3-5-8-23/h3-14,16,19,22H,15,17-18,20H2,1-2H3. The molecule has 1 saturated heterocycles. The number of pyridine rings is 1. The summed E-state index contributed by atoms with van der Waals surface area (Å²) in [7, 11) is 3.97. The fourth-order valence-corrected chi connectivity index (χ4v) is 4.39. The number of likely N-dealkylation sites (tertiary alicyclic amines) is 1. The smallest absolute Gasteiger partial charge is 0.246 e. The van der Waals surface area contributed by atoms with Crippen molar-refractivity contribution in [1.82, 2.24) is 24.6 Å². The van der Waals surface area contributed by atoms with Gasteiger partial charge >= 0.3 is 0 Å². The van der Waals surface area contributed by atoms with Gasteiger partial charge in [-0.15, -0.1) is 0 Å². The summed E-state index contributed by atoms with van der Waals surface area (Å²) in [4.78, 5) is 20.9. The van der Waals surface area contributed by atoms with Gasteiger partial charge in [0.15, 0.2) is 0 Å². The molecule has 7 heteroatoms. The molecule has 7 nitrogen and oxygen atoms in total. The number of amides is 1. The van der Waals surface area contributed by atoms with Crippen LogP contribution in [0.2, 0.25) is 0 Å². The molecule has 178 valence electrons. The summed E-state index contributed by atoms with van der Waals surface area (Å²) in [5.74, 6) is 1.63. The number of likely N-dealkylation sites (N-methyl/N-ethyl adjacent to an activating group) is 1. The average Bonchev–Trinajstić information content (AvgIpc) is 3.50. The molecule has 0 aliphatic carbocycles. The quantitative estimate of drug-likeness (QED) is 0.366. The molecule has 1 fully saturated rings. The molecule has 1 aliphatic rings. The summed E-state index contributed by atoms with van der Waals surface area (Å²) in [6, 6.07) is 19.8. The van der Waals surface area contributed by atoms with Crippen molar-refractivity contribution in [3.8, 4) is 22.8 Å². The van der Waals surface area contributed by atoms with E-state index in [1.165, 1.54) is 0 Å².